The fourth-order valence-electron chi connectivity index (χ4n) is 2.21. The lowest BCUT2D eigenvalue weighted by Gasteiger charge is -2.13. The van der Waals surface area contributed by atoms with Gasteiger partial charge in [-0.2, -0.15) is 0 Å². The van der Waals surface area contributed by atoms with Crippen molar-refractivity contribution < 1.29 is 4.74 Å². The summed E-state index contributed by atoms with van der Waals surface area (Å²) in [6.45, 7) is 5.35. The molecule has 0 radical (unpaired) electrons. The monoisotopic (exact) mass is 272 g/mol. The minimum atomic E-state index is 0.562. The molecule has 1 heterocycles. The summed E-state index contributed by atoms with van der Waals surface area (Å²) in [5, 5.41) is 3.16. The number of hydrogen-bond donors (Lipinski definition) is 2. The van der Waals surface area contributed by atoms with Crippen molar-refractivity contribution in [1.82, 2.24) is 9.97 Å². The van der Waals surface area contributed by atoms with Crippen molar-refractivity contribution in [3.63, 3.8) is 0 Å². The van der Waals surface area contributed by atoms with Crippen LogP contribution in [0.5, 0.6) is 5.75 Å². The number of aromatic nitrogens is 2. The lowest BCUT2D eigenvalue weighted by atomic mass is 10.0. The zero-order valence-electron chi connectivity index (χ0n) is 12.1. The van der Waals surface area contributed by atoms with Crippen LogP contribution in [0, 0.1) is 13.8 Å². The molecule has 0 atom stereocenters. The van der Waals surface area contributed by atoms with Gasteiger partial charge >= 0.3 is 0 Å². The number of benzene rings is 1. The number of anilines is 1. The maximum atomic E-state index is 5.49. The van der Waals surface area contributed by atoms with Crippen molar-refractivity contribution in [2.24, 2.45) is 5.73 Å². The third-order valence-electron chi connectivity index (χ3n) is 3.04. The van der Waals surface area contributed by atoms with Crippen LogP contribution < -0.4 is 15.8 Å². The summed E-state index contributed by atoms with van der Waals surface area (Å²) in [4.78, 5) is 8.54. The van der Waals surface area contributed by atoms with E-state index in [1.54, 1.807) is 13.4 Å². The average Bonchev–Trinajstić information content (AvgIpc) is 2.44. The minimum absolute atomic E-state index is 0.562. The molecule has 0 aliphatic heterocycles. The molecule has 3 N–H and O–H groups in total. The summed E-state index contributed by atoms with van der Waals surface area (Å²) in [5.41, 5.74) is 9.62. The predicted molar refractivity (Wildman–Crippen MR) is 81.0 cm³/mol. The predicted octanol–water partition coefficient (Wildman–Crippen LogP) is 2.14. The molecule has 5 heteroatoms. The van der Waals surface area contributed by atoms with Crippen LogP contribution in [-0.2, 0) is 0 Å². The van der Waals surface area contributed by atoms with Gasteiger partial charge in [-0.15, -0.1) is 0 Å². The number of nitrogens with zero attached hydrogens (tertiary/aromatic N) is 2. The topological polar surface area (TPSA) is 73.1 Å². The quantitative estimate of drug-likeness (QED) is 0.872. The summed E-state index contributed by atoms with van der Waals surface area (Å²) >= 11 is 0. The summed E-state index contributed by atoms with van der Waals surface area (Å²) in [5.74, 6) is 1.59. The van der Waals surface area contributed by atoms with E-state index in [1.807, 2.05) is 19.1 Å². The highest BCUT2D eigenvalue weighted by Crippen LogP contribution is 2.33. The molecule has 0 spiro atoms. The lowest BCUT2D eigenvalue weighted by molar-refractivity contribution is 0.415. The van der Waals surface area contributed by atoms with Crippen molar-refractivity contribution in [2.75, 3.05) is 25.5 Å². The minimum Gasteiger partial charge on any atom is -0.496 e. The normalized spacial score (nSPS) is 10.4. The van der Waals surface area contributed by atoms with Gasteiger partial charge in [0.25, 0.3) is 0 Å². The molecule has 0 saturated carbocycles. The van der Waals surface area contributed by atoms with Gasteiger partial charge in [0.2, 0.25) is 0 Å². The zero-order valence-corrected chi connectivity index (χ0v) is 12.1. The van der Waals surface area contributed by atoms with E-state index in [-0.39, 0.29) is 0 Å². The van der Waals surface area contributed by atoms with Crippen molar-refractivity contribution in [3.05, 3.63) is 35.7 Å². The Morgan fingerprint density at radius 3 is 2.70 bits per heavy atom. The van der Waals surface area contributed by atoms with Gasteiger partial charge in [-0.3, -0.25) is 0 Å². The van der Waals surface area contributed by atoms with Crippen LogP contribution in [0.25, 0.3) is 11.3 Å². The van der Waals surface area contributed by atoms with E-state index in [1.165, 1.54) is 5.56 Å². The van der Waals surface area contributed by atoms with Crippen LogP contribution in [0.2, 0.25) is 0 Å². The summed E-state index contributed by atoms with van der Waals surface area (Å²) in [6, 6.07) is 6.04. The second-order valence-electron chi connectivity index (χ2n) is 4.66. The van der Waals surface area contributed by atoms with E-state index in [9.17, 15) is 0 Å². The maximum Gasteiger partial charge on any atom is 0.130 e. The van der Waals surface area contributed by atoms with Crippen LogP contribution >= 0.6 is 0 Å². The number of rotatable bonds is 5. The van der Waals surface area contributed by atoms with Crippen LogP contribution in [0.15, 0.2) is 24.5 Å². The Morgan fingerprint density at radius 1 is 1.20 bits per heavy atom. The molecule has 0 bridgehead atoms. The van der Waals surface area contributed by atoms with E-state index in [2.05, 4.69) is 28.3 Å². The van der Waals surface area contributed by atoms with Crippen molar-refractivity contribution in [2.45, 2.75) is 13.8 Å². The molecule has 2 rings (SSSR count). The third-order valence-corrected chi connectivity index (χ3v) is 3.04. The first-order valence-electron chi connectivity index (χ1n) is 6.57. The summed E-state index contributed by atoms with van der Waals surface area (Å²) in [7, 11) is 1.67. The van der Waals surface area contributed by atoms with Crippen LogP contribution in [-0.4, -0.2) is 30.2 Å². The summed E-state index contributed by atoms with van der Waals surface area (Å²) in [6.07, 6.45) is 1.55. The van der Waals surface area contributed by atoms with Gasteiger partial charge in [-0.25, -0.2) is 9.97 Å². The Balaban J connectivity index is 2.45. The maximum absolute atomic E-state index is 5.49. The Bertz CT molecular complexity index is 598. The standard InChI is InChI=1S/C15H20N4O/c1-10-6-11(2)15(13(7-10)20-3)12-8-14(17-5-4-16)19-9-18-12/h6-9H,4-5,16H2,1-3H3,(H,17,18,19). The van der Waals surface area contributed by atoms with Gasteiger partial charge in [-0.1, -0.05) is 6.07 Å². The molecule has 1 aromatic heterocycles. The summed E-state index contributed by atoms with van der Waals surface area (Å²) < 4.78 is 5.48. The van der Waals surface area contributed by atoms with Crippen molar-refractivity contribution in [1.29, 1.82) is 0 Å². The Labute approximate surface area is 119 Å². The second-order valence-corrected chi connectivity index (χ2v) is 4.66. The number of nitrogens with two attached hydrogens (primary N) is 1. The third kappa shape index (κ3) is 3.05. The van der Waals surface area contributed by atoms with Crippen molar-refractivity contribution >= 4 is 5.82 Å². The largest absolute Gasteiger partial charge is 0.496 e. The number of hydrogen-bond acceptors (Lipinski definition) is 5. The van der Waals surface area contributed by atoms with E-state index in [4.69, 9.17) is 10.5 Å². The van der Waals surface area contributed by atoms with Gasteiger partial charge in [0.1, 0.15) is 17.9 Å². The Morgan fingerprint density at radius 2 is 2.00 bits per heavy atom. The molecule has 1 aromatic carbocycles. The van der Waals surface area contributed by atoms with Gasteiger partial charge < -0.3 is 15.8 Å². The molecule has 0 fully saturated rings. The first-order valence-corrected chi connectivity index (χ1v) is 6.57. The van der Waals surface area contributed by atoms with Crippen LogP contribution in [0.4, 0.5) is 5.82 Å². The Kier molecular flexibility index (Phi) is 4.53. The van der Waals surface area contributed by atoms with E-state index in [0.29, 0.717) is 13.1 Å². The van der Waals surface area contributed by atoms with Crippen molar-refractivity contribution in [3.8, 4) is 17.0 Å². The molecule has 20 heavy (non-hydrogen) atoms. The fourth-order valence-corrected chi connectivity index (χ4v) is 2.21. The smallest absolute Gasteiger partial charge is 0.130 e. The number of aryl methyl sites for hydroxylation is 2. The first-order chi connectivity index (χ1) is 9.65. The molecular formula is C15H20N4O. The molecule has 0 amide bonds. The second kappa shape index (κ2) is 6.34. The van der Waals surface area contributed by atoms with E-state index < -0.39 is 0 Å². The Hall–Kier alpha value is -2.14. The highest BCUT2D eigenvalue weighted by Gasteiger charge is 2.12. The molecule has 0 aliphatic rings. The molecular weight excluding hydrogens is 252 g/mol. The molecule has 0 unspecified atom stereocenters. The van der Waals surface area contributed by atoms with Gasteiger partial charge in [0.05, 0.1) is 12.8 Å². The molecule has 5 nitrogen and oxygen atoms in total. The number of methoxy groups -OCH3 is 1. The number of ether oxygens (including phenoxy) is 1. The van der Waals surface area contributed by atoms with E-state index >= 15 is 0 Å². The molecule has 0 aliphatic carbocycles. The van der Waals surface area contributed by atoms with Crippen LogP contribution in [0.1, 0.15) is 11.1 Å². The SMILES string of the molecule is COc1cc(C)cc(C)c1-c1cc(NCCN)ncn1. The molecule has 106 valence electrons. The van der Waals surface area contributed by atoms with Gasteiger partial charge in [-0.05, 0) is 31.0 Å². The lowest BCUT2D eigenvalue weighted by Crippen LogP contribution is -2.14. The van der Waals surface area contributed by atoms with Gasteiger partial charge in [0.15, 0.2) is 0 Å². The average molecular weight is 272 g/mol. The number of nitrogens with one attached hydrogen (secondary N) is 1. The van der Waals surface area contributed by atoms with Gasteiger partial charge in [0, 0.05) is 24.7 Å². The fraction of sp³-hybridized carbons (Fsp3) is 0.333. The first kappa shape index (κ1) is 14.3. The highest BCUT2D eigenvalue weighted by atomic mass is 16.5. The van der Waals surface area contributed by atoms with E-state index in [0.717, 1.165) is 28.4 Å². The highest BCUT2D eigenvalue weighted by molar-refractivity contribution is 5.73. The molecule has 0 saturated heterocycles. The zero-order chi connectivity index (χ0) is 14.5. The van der Waals surface area contributed by atoms with Crippen LogP contribution in [0.3, 0.4) is 0 Å². The molecule has 2 aromatic rings.